The van der Waals surface area contributed by atoms with Crippen molar-refractivity contribution < 1.29 is 9.90 Å². The molecular formula is C19H25N3O2. The summed E-state index contributed by atoms with van der Waals surface area (Å²) < 4.78 is 1.55. The molecule has 3 rings (SSSR count). The van der Waals surface area contributed by atoms with Gasteiger partial charge in [-0.25, -0.2) is 0 Å². The van der Waals surface area contributed by atoms with E-state index in [1.807, 2.05) is 6.92 Å². The highest BCUT2D eigenvalue weighted by Gasteiger charge is 2.15. The van der Waals surface area contributed by atoms with Crippen molar-refractivity contribution in [3.63, 3.8) is 0 Å². The number of rotatable bonds is 5. The molecule has 0 spiro atoms. The van der Waals surface area contributed by atoms with Gasteiger partial charge in [0.05, 0.1) is 17.8 Å². The second kappa shape index (κ2) is 7.18. The topological polar surface area (TPSA) is 67.2 Å². The number of nitrogens with one attached hydrogen (secondary N) is 1. The molecule has 1 aromatic heterocycles. The summed E-state index contributed by atoms with van der Waals surface area (Å²) in [5.74, 6) is -0.0829. The number of amides is 1. The summed E-state index contributed by atoms with van der Waals surface area (Å²) in [5.41, 5.74) is 4.60. The summed E-state index contributed by atoms with van der Waals surface area (Å²) in [6.07, 6.45) is 5.92. The van der Waals surface area contributed by atoms with Gasteiger partial charge in [-0.2, -0.15) is 5.10 Å². The second-order valence-electron chi connectivity index (χ2n) is 6.64. The van der Waals surface area contributed by atoms with Gasteiger partial charge in [-0.3, -0.25) is 9.48 Å². The summed E-state index contributed by atoms with van der Waals surface area (Å²) in [6, 6.07) is 8.25. The number of carbonyl (C=O) groups is 1. The Morgan fingerprint density at radius 3 is 2.71 bits per heavy atom. The maximum Gasteiger partial charge on any atom is 0.242 e. The van der Waals surface area contributed by atoms with Crippen LogP contribution in [0.3, 0.4) is 0 Å². The Balaban J connectivity index is 1.61. The molecule has 1 aliphatic rings. The van der Waals surface area contributed by atoms with Gasteiger partial charge >= 0.3 is 0 Å². The van der Waals surface area contributed by atoms with E-state index in [2.05, 4.69) is 28.6 Å². The summed E-state index contributed by atoms with van der Waals surface area (Å²) in [4.78, 5) is 12.2. The van der Waals surface area contributed by atoms with E-state index in [1.54, 1.807) is 23.9 Å². The van der Waals surface area contributed by atoms with E-state index in [1.165, 1.54) is 30.4 Å². The van der Waals surface area contributed by atoms with Crippen molar-refractivity contribution in [3.8, 4) is 0 Å². The molecule has 0 fully saturated rings. The van der Waals surface area contributed by atoms with Crippen molar-refractivity contribution in [2.45, 2.75) is 58.2 Å². The molecular weight excluding hydrogens is 302 g/mol. The van der Waals surface area contributed by atoms with Crippen LogP contribution in [0.5, 0.6) is 0 Å². The van der Waals surface area contributed by atoms with Gasteiger partial charge in [0.1, 0.15) is 6.54 Å². The lowest BCUT2D eigenvalue weighted by atomic mass is 9.89. The number of benzene rings is 1. The smallest absolute Gasteiger partial charge is 0.242 e. The quantitative estimate of drug-likeness (QED) is 0.887. The molecule has 2 aromatic rings. The largest absolute Gasteiger partial charge is 0.387 e. The molecule has 2 N–H and O–H groups in total. The van der Waals surface area contributed by atoms with Gasteiger partial charge in [0.15, 0.2) is 0 Å². The third-order valence-electron chi connectivity index (χ3n) is 4.64. The third-order valence-corrected chi connectivity index (χ3v) is 4.64. The van der Waals surface area contributed by atoms with E-state index in [0.29, 0.717) is 5.69 Å². The molecule has 1 aliphatic carbocycles. The Kier molecular flexibility index (Phi) is 5.00. The van der Waals surface area contributed by atoms with Crippen LogP contribution in [0, 0.1) is 0 Å². The predicted octanol–water partition coefficient (Wildman–Crippen LogP) is 2.69. The van der Waals surface area contributed by atoms with Crippen LogP contribution in [-0.4, -0.2) is 20.8 Å². The fourth-order valence-electron chi connectivity index (χ4n) is 3.23. The van der Waals surface area contributed by atoms with E-state index in [0.717, 1.165) is 12.0 Å². The van der Waals surface area contributed by atoms with Crippen LogP contribution in [0.15, 0.2) is 30.5 Å². The lowest BCUT2D eigenvalue weighted by molar-refractivity contribution is -0.122. The second-order valence-corrected chi connectivity index (χ2v) is 6.64. The first-order chi connectivity index (χ1) is 11.5. The van der Waals surface area contributed by atoms with Gasteiger partial charge in [0, 0.05) is 6.20 Å². The van der Waals surface area contributed by atoms with Crippen molar-refractivity contribution in [1.29, 1.82) is 0 Å². The molecule has 0 bridgehead atoms. The molecule has 24 heavy (non-hydrogen) atoms. The maximum absolute atomic E-state index is 12.2. The van der Waals surface area contributed by atoms with Crippen molar-refractivity contribution >= 4 is 5.91 Å². The standard InChI is InChI=1S/C19H25N3O2/c1-13(16-8-7-15-5-3-4-6-17(15)11-16)20-19(24)12-22-10-9-18(21-22)14(2)23/h7-11,13-14,23H,3-6,12H2,1-2H3,(H,20,24)/t13-,14-/m0/s1. The summed E-state index contributed by atoms with van der Waals surface area (Å²) >= 11 is 0. The van der Waals surface area contributed by atoms with Crippen LogP contribution >= 0.6 is 0 Å². The molecule has 0 radical (unpaired) electrons. The zero-order chi connectivity index (χ0) is 17.1. The fraction of sp³-hybridized carbons (Fsp3) is 0.474. The summed E-state index contributed by atoms with van der Waals surface area (Å²) in [5, 5.41) is 16.7. The average Bonchev–Trinajstić information content (AvgIpc) is 3.03. The minimum atomic E-state index is -0.622. The lowest BCUT2D eigenvalue weighted by Crippen LogP contribution is -2.30. The van der Waals surface area contributed by atoms with Gasteiger partial charge in [-0.15, -0.1) is 0 Å². The Labute approximate surface area is 142 Å². The Bertz CT molecular complexity index is 721. The molecule has 5 nitrogen and oxygen atoms in total. The highest BCUT2D eigenvalue weighted by Crippen LogP contribution is 2.24. The zero-order valence-corrected chi connectivity index (χ0v) is 14.3. The van der Waals surface area contributed by atoms with Crippen molar-refractivity contribution in [2.75, 3.05) is 0 Å². The molecule has 1 aromatic carbocycles. The lowest BCUT2D eigenvalue weighted by Gasteiger charge is -2.20. The summed E-state index contributed by atoms with van der Waals surface area (Å²) in [6.45, 7) is 3.82. The Morgan fingerprint density at radius 2 is 2.00 bits per heavy atom. The van der Waals surface area contributed by atoms with Gasteiger partial charge in [-0.1, -0.05) is 18.2 Å². The molecule has 1 heterocycles. The highest BCUT2D eigenvalue weighted by molar-refractivity contribution is 5.76. The first-order valence-corrected chi connectivity index (χ1v) is 8.65. The van der Waals surface area contributed by atoms with Crippen LogP contribution < -0.4 is 5.32 Å². The minimum Gasteiger partial charge on any atom is -0.387 e. The highest BCUT2D eigenvalue weighted by atomic mass is 16.3. The van der Waals surface area contributed by atoms with Crippen LogP contribution in [-0.2, 0) is 24.2 Å². The van der Waals surface area contributed by atoms with Crippen molar-refractivity contribution in [3.05, 3.63) is 52.8 Å². The molecule has 5 heteroatoms. The van der Waals surface area contributed by atoms with Gasteiger partial charge in [-0.05, 0) is 62.3 Å². The minimum absolute atomic E-state index is 0.0310. The van der Waals surface area contributed by atoms with Crippen LogP contribution in [0.25, 0.3) is 0 Å². The first-order valence-electron chi connectivity index (χ1n) is 8.65. The van der Waals surface area contributed by atoms with Crippen LogP contribution in [0.4, 0.5) is 0 Å². The fourth-order valence-corrected chi connectivity index (χ4v) is 3.23. The van der Waals surface area contributed by atoms with Gasteiger partial charge in [0.2, 0.25) is 5.91 Å². The van der Waals surface area contributed by atoms with Crippen molar-refractivity contribution in [1.82, 2.24) is 15.1 Å². The number of fused-ring (bicyclic) bond motifs is 1. The number of carbonyl (C=O) groups excluding carboxylic acids is 1. The molecule has 2 atom stereocenters. The summed E-state index contributed by atoms with van der Waals surface area (Å²) in [7, 11) is 0. The molecule has 0 saturated heterocycles. The van der Waals surface area contributed by atoms with Gasteiger partial charge < -0.3 is 10.4 Å². The Hall–Kier alpha value is -2.14. The number of hydrogen-bond acceptors (Lipinski definition) is 3. The number of aromatic nitrogens is 2. The van der Waals surface area contributed by atoms with E-state index in [-0.39, 0.29) is 18.5 Å². The SMILES string of the molecule is C[C@H](O)c1ccn(CC(=O)N[C@@H](C)c2ccc3c(c2)CCCC3)n1. The van der Waals surface area contributed by atoms with Crippen molar-refractivity contribution in [2.24, 2.45) is 0 Å². The Morgan fingerprint density at radius 1 is 1.25 bits per heavy atom. The van der Waals surface area contributed by atoms with Gasteiger partial charge in [0.25, 0.3) is 0 Å². The molecule has 0 unspecified atom stereocenters. The predicted molar refractivity (Wildman–Crippen MR) is 92.5 cm³/mol. The number of nitrogens with zero attached hydrogens (tertiary/aromatic N) is 2. The normalized spacial score (nSPS) is 16.3. The number of aliphatic hydroxyl groups is 1. The van der Waals surface area contributed by atoms with E-state index in [9.17, 15) is 9.90 Å². The molecule has 0 saturated carbocycles. The third kappa shape index (κ3) is 3.85. The monoisotopic (exact) mass is 327 g/mol. The van der Waals surface area contributed by atoms with E-state index < -0.39 is 6.10 Å². The zero-order valence-electron chi connectivity index (χ0n) is 14.3. The van der Waals surface area contributed by atoms with Crippen LogP contribution in [0.1, 0.15) is 61.2 Å². The molecule has 128 valence electrons. The molecule has 0 aliphatic heterocycles. The number of hydrogen-bond donors (Lipinski definition) is 2. The van der Waals surface area contributed by atoms with Crippen LogP contribution in [0.2, 0.25) is 0 Å². The van der Waals surface area contributed by atoms with E-state index >= 15 is 0 Å². The maximum atomic E-state index is 12.2. The number of aryl methyl sites for hydroxylation is 2. The number of aliphatic hydroxyl groups excluding tert-OH is 1. The van der Waals surface area contributed by atoms with E-state index in [4.69, 9.17) is 0 Å². The molecule has 1 amide bonds. The first kappa shape index (κ1) is 16.7. The average molecular weight is 327 g/mol.